The first-order chi connectivity index (χ1) is 9.38. The predicted molar refractivity (Wildman–Crippen MR) is 73.9 cm³/mol. The van der Waals surface area contributed by atoms with Gasteiger partial charge in [0, 0.05) is 13.1 Å². The Morgan fingerprint density at radius 2 is 1.75 bits per heavy atom. The van der Waals surface area contributed by atoms with Crippen LogP contribution in [0, 0.1) is 5.41 Å². The van der Waals surface area contributed by atoms with E-state index in [-0.39, 0.29) is 17.1 Å². The lowest BCUT2D eigenvalue weighted by Gasteiger charge is -2.16. The zero-order valence-electron chi connectivity index (χ0n) is 11.8. The number of alkyl halides is 3. The molecule has 20 heavy (non-hydrogen) atoms. The first kappa shape index (κ1) is 14.9. The standard InChI is InChI=1S/C14H20F3N3/c1-3-13(5-6-13)9-19-12-8-10(14(15,16)17)7-11(20-12)18-4-2/h7-8H,3-6,9H2,1-2H3,(H2,18,19,20). The van der Waals surface area contributed by atoms with Gasteiger partial charge in [-0.2, -0.15) is 13.2 Å². The second kappa shape index (κ2) is 5.50. The van der Waals surface area contributed by atoms with E-state index in [4.69, 9.17) is 0 Å². The van der Waals surface area contributed by atoms with Crippen LogP contribution >= 0.6 is 0 Å². The van der Waals surface area contributed by atoms with E-state index in [9.17, 15) is 13.2 Å². The second-order valence-electron chi connectivity index (χ2n) is 5.36. The summed E-state index contributed by atoms with van der Waals surface area (Å²) in [5.41, 5.74) is -0.416. The summed E-state index contributed by atoms with van der Waals surface area (Å²) in [5, 5.41) is 5.89. The van der Waals surface area contributed by atoms with E-state index < -0.39 is 11.7 Å². The SMILES string of the molecule is CCNc1cc(C(F)(F)F)cc(NCC2(CC)CC2)n1. The second-order valence-corrected chi connectivity index (χ2v) is 5.36. The highest BCUT2D eigenvalue weighted by Gasteiger charge is 2.40. The summed E-state index contributed by atoms with van der Waals surface area (Å²) in [4.78, 5) is 4.18. The minimum atomic E-state index is -4.36. The van der Waals surface area contributed by atoms with Crippen LogP contribution in [0.15, 0.2) is 12.1 Å². The monoisotopic (exact) mass is 287 g/mol. The lowest BCUT2D eigenvalue weighted by atomic mass is 10.0. The van der Waals surface area contributed by atoms with Gasteiger partial charge in [0.25, 0.3) is 0 Å². The highest BCUT2D eigenvalue weighted by Crippen LogP contribution is 2.48. The van der Waals surface area contributed by atoms with Crippen molar-refractivity contribution in [3.63, 3.8) is 0 Å². The van der Waals surface area contributed by atoms with Crippen LogP contribution in [0.3, 0.4) is 0 Å². The third kappa shape index (κ3) is 3.55. The number of nitrogens with one attached hydrogen (secondary N) is 2. The Morgan fingerprint density at radius 3 is 2.20 bits per heavy atom. The third-order valence-corrected chi connectivity index (χ3v) is 3.86. The molecule has 0 amide bonds. The van der Waals surface area contributed by atoms with Gasteiger partial charge in [-0.15, -0.1) is 0 Å². The third-order valence-electron chi connectivity index (χ3n) is 3.86. The Bertz CT molecular complexity index is 467. The molecule has 3 nitrogen and oxygen atoms in total. The number of halogens is 3. The van der Waals surface area contributed by atoms with E-state index in [0.29, 0.717) is 13.1 Å². The molecule has 0 spiro atoms. The Kier molecular flexibility index (Phi) is 4.11. The average molecular weight is 287 g/mol. The normalized spacial score (nSPS) is 16.9. The molecular weight excluding hydrogens is 267 g/mol. The fourth-order valence-electron chi connectivity index (χ4n) is 2.17. The van der Waals surface area contributed by atoms with Gasteiger partial charge >= 0.3 is 6.18 Å². The lowest BCUT2D eigenvalue weighted by molar-refractivity contribution is -0.137. The van der Waals surface area contributed by atoms with Gasteiger partial charge < -0.3 is 10.6 Å². The summed E-state index contributed by atoms with van der Waals surface area (Å²) in [6, 6.07) is 2.12. The molecule has 0 unspecified atom stereocenters. The van der Waals surface area contributed by atoms with Gasteiger partial charge in [0.1, 0.15) is 11.6 Å². The molecule has 1 aliphatic rings. The number of hydrogen-bond donors (Lipinski definition) is 2. The van der Waals surface area contributed by atoms with Gasteiger partial charge in [-0.1, -0.05) is 6.92 Å². The lowest BCUT2D eigenvalue weighted by Crippen LogP contribution is -2.17. The van der Waals surface area contributed by atoms with Crippen molar-refractivity contribution >= 4 is 11.6 Å². The van der Waals surface area contributed by atoms with Crippen molar-refractivity contribution in [1.29, 1.82) is 0 Å². The molecule has 2 N–H and O–H groups in total. The van der Waals surface area contributed by atoms with Crippen molar-refractivity contribution in [3.8, 4) is 0 Å². The number of hydrogen-bond acceptors (Lipinski definition) is 3. The molecule has 1 heterocycles. The van der Waals surface area contributed by atoms with Crippen LogP contribution < -0.4 is 10.6 Å². The molecule has 0 radical (unpaired) electrons. The molecule has 1 saturated carbocycles. The summed E-state index contributed by atoms with van der Waals surface area (Å²) in [6.45, 7) is 5.15. The highest BCUT2D eigenvalue weighted by molar-refractivity contribution is 5.50. The number of aromatic nitrogens is 1. The molecule has 1 aliphatic carbocycles. The first-order valence-corrected chi connectivity index (χ1v) is 6.95. The molecule has 0 aliphatic heterocycles. The van der Waals surface area contributed by atoms with Gasteiger partial charge in [-0.25, -0.2) is 4.98 Å². The van der Waals surface area contributed by atoms with Crippen molar-refractivity contribution in [3.05, 3.63) is 17.7 Å². The minimum Gasteiger partial charge on any atom is -0.370 e. The van der Waals surface area contributed by atoms with E-state index in [1.54, 1.807) is 0 Å². The van der Waals surface area contributed by atoms with Gasteiger partial charge in [0.15, 0.2) is 0 Å². The molecule has 1 aromatic rings. The van der Waals surface area contributed by atoms with Gasteiger partial charge in [0.2, 0.25) is 0 Å². The molecule has 0 bridgehead atoms. The smallest absolute Gasteiger partial charge is 0.370 e. The van der Waals surface area contributed by atoms with Crippen molar-refractivity contribution in [2.24, 2.45) is 5.41 Å². The molecule has 0 atom stereocenters. The van der Waals surface area contributed by atoms with Gasteiger partial charge in [-0.05, 0) is 43.7 Å². The van der Waals surface area contributed by atoms with Crippen LogP contribution in [0.1, 0.15) is 38.7 Å². The molecular formula is C14H20F3N3. The van der Waals surface area contributed by atoms with Crippen LogP contribution in [0.5, 0.6) is 0 Å². The van der Waals surface area contributed by atoms with Crippen molar-refractivity contribution < 1.29 is 13.2 Å². The Balaban J connectivity index is 2.16. The highest BCUT2D eigenvalue weighted by atomic mass is 19.4. The molecule has 0 aromatic carbocycles. The molecule has 2 rings (SSSR count). The van der Waals surface area contributed by atoms with E-state index in [1.807, 2.05) is 6.92 Å². The molecule has 0 saturated heterocycles. The van der Waals surface area contributed by atoms with E-state index in [1.165, 1.54) is 0 Å². The fourth-order valence-corrected chi connectivity index (χ4v) is 2.17. The number of nitrogens with zero attached hydrogens (tertiary/aromatic N) is 1. The summed E-state index contributed by atoms with van der Waals surface area (Å²) >= 11 is 0. The topological polar surface area (TPSA) is 37.0 Å². The summed E-state index contributed by atoms with van der Waals surface area (Å²) in [7, 11) is 0. The van der Waals surface area contributed by atoms with E-state index >= 15 is 0 Å². The first-order valence-electron chi connectivity index (χ1n) is 6.95. The summed E-state index contributed by atoms with van der Waals surface area (Å²) in [5.74, 6) is 0.543. The van der Waals surface area contributed by atoms with E-state index in [0.717, 1.165) is 31.4 Å². The predicted octanol–water partition coefficient (Wildman–Crippen LogP) is 4.13. The molecule has 1 fully saturated rings. The maximum absolute atomic E-state index is 12.9. The van der Waals surface area contributed by atoms with Gasteiger partial charge in [-0.3, -0.25) is 0 Å². The van der Waals surface area contributed by atoms with Crippen LogP contribution in [0.4, 0.5) is 24.8 Å². The van der Waals surface area contributed by atoms with Crippen molar-refractivity contribution in [2.45, 2.75) is 39.3 Å². The fraction of sp³-hybridized carbons (Fsp3) is 0.643. The molecule has 1 aromatic heterocycles. The number of pyridine rings is 1. The van der Waals surface area contributed by atoms with Crippen LogP contribution in [0.25, 0.3) is 0 Å². The Labute approximate surface area is 117 Å². The maximum atomic E-state index is 12.9. The summed E-state index contributed by atoms with van der Waals surface area (Å²) in [6.07, 6.45) is -1.05. The average Bonchev–Trinajstić information content (AvgIpc) is 3.16. The van der Waals surface area contributed by atoms with Gasteiger partial charge in [0.05, 0.1) is 5.56 Å². The summed E-state index contributed by atoms with van der Waals surface area (Å²) < 4.78 is 38.6. The van der Waals surface area contributed by atoms with E-state index in [2.05, 4.69) is 22.5 Å². The minimum absolute atomic E-state index is 0.256. The number of anilines is 2. The Morgan fingerprint density at radius 1 is 1.15 bits per heavy atom. The zero-order chi connectivity index (χ0) is 14.8. The quantitative estimate of drug-likeness (QED) is 0.826. The van der Waals surface area contributed by atoms with Crippen LogP contribution in [-0.2, 0) is 6.18 Å². The molecule has 112 valence electrons. The van der Waals surface area contributed by atoms with Crippen molar-refractivity contribution in [2.75, 3.05) is 23.7 Å². The van der Waals surface area contributed by atoms with Crippen molar-refractivity contribution in [1.82, 2.24) is 4.98 Å². The van der Waals surface area contributed by atoms with Crippen LogP contribution in [0.2, 0.25) is 0 Å². The maximum Gasteiger partial charge on any atom is 0.416 e. The van der Waals surface area contributed by atoms with Crippen LogP contribution in [-0.4, -0.2) is 18.1 Å². The Hall–Kier alpha value is -1.46. The largest absolute Gasteiger partial charge is 0.416 e. The molecule has 6 heteroatoms. The number of rotatable bonds is 6. The zero-order valence-corrected chi connectivity index (χ0v) is 11.8.